The van der Waals surface area contributed by atoms with Gasteiger partial charge in [-0.25, -0.2) is 4.68 Å². The van der Waals surface area contributed by atoms with Crippen LogP contribution in [0.4, 0.5) is 5.69 Å². The number of phenolic OH excluding ortho intramolecular Hbond substituents is 1. The third-order valence-corrected chi connectivity index (χ3v) is 5.44. The van der Waals surface area contributed by atoms with E-state index in [0.29, 0.717) is 23.6 Å². The third-order valence-electron chi connectivity index (χ3n) is 4.61. The van der Waals surface area contributed by atoms with Gasteiger partial charge in [0.15, 0.2) is 17.5 Å². The highest BCUT2D eigenvalue weighted by Gasteiger charge is 2.28. The molecule has 3 heterocycles. The van der Waals surface area contributed by atoms with Crippen molar-refractivity contribution < 1.29 is 17.9 Å². The molecule has 1 atom stereocenters. The molecule has 0 aliphatic carbocycles. The van der Waals surface area contributed by atoms with Crippen LogP contribution in [0.1, 0.15) is 30.9 Å². The zero-order valence-corrected chi connectivity index (χ0v) is 17.8. The molecule has 31 heavy (non-hydrogen) atoms. The van der Waals surface area contributed by atoms with E-state index in [2.05, 4.69) is 35.0 Å². The van der Waals surface area contributed by atoms with Gasteiger partial charge in [-0.3, -0.25) is 0 Å². The van der Waals surface area contributed by atoms with Crippen molar-refractivity contribution in [2.45, 2.75) is 26.3 Å². The van der Waals surface area contributed by atoms with Gasteiger partial charge in [0.1, 0.15) is 17.3 Å². The van der Waals surface area contributed by atoms with E-state index in [0.717, 1.165) is 5.76 Å². The second-order valence-corrected chi connectivity index (χ2v) is 8.09. The van der Waals surface area contributed by atoms with Crippen molar-refractivity contribution in [1.29, 1.82) is 0 Å². The summed E-state index contributed by atoms with van der Waals surface area (Å²) in [5.74, 6) is 1.53. The second kappa shape index (κ2) is 7.83. The molecule has 0 fully saturated rings. The average molecular weight is 444 g/mol. The number of anilines is 1. The van der Waals surface area contributed by atoms with E-state index in [1.807, 2.05) is 26.0 Å². The molecule has 162 valence electrons. The summed E-state index contributed by atoms with van der Waals surface area (Å²) < 4.78 is 38.5. The van der Waals surface area contributed by atoms with Crippen molar-refractivity contribution in [3.8, 4) is 17.1 Å². The molecule has 12 nitrogen and oxygen atoms in total. The summed E-state index contributed by atoms with van der Waals surface area (Å²) in [4.78, 5) is 0. The number of aryl methyl sites for hydroxylation is 2. The molecule has 4 rings (SSSR count). The number of hydrogen-bond donors (Lipinski definition) is 3. The van der Waals surface area contributed by atoms with Gasteiger partial charge < -0.3 is 20.2 Å². The van der Waals surface area contributed by atoms with E-state index in [1.54, 1.807) is 25.2 Å². The molecule has 0 amide bonds. The highest BCUT2D eigenvalue weighted by atomic mass is 32.2. The lowest BCUT2D eigenvalue weighted by Crippen LogP contribution is -2.36. The SMILES string of the molecule is CC[C@@H](NC1=NS(=O)(=O)N=C1Nc1cccc(-c2nnnn2C)c1O)c1ccc(C)o1. The number of rotatable bonds is 5. The number of amidine groups is 2. The first-order valence-corrected chi connectivity index (χ1v) is 10.8. The zero-order chi connectivity index (χ0) is 22.2. The molecular weight excluding hydrogens is 424 g/mol. The number of furan rings is 1. The van der Waals surface area contributed by atoms with Crippen molar-refractivity contribution in [3.63, 3.8) is 0 Å². The van der Waals surface area contributed by atoms with E-state index in [4.69, 9.17) is 4.42 Å². The van der Waals surface area contributed by atoms with Gasteiger partial charge in [-0.15, -0.1) is 13.9 Å². The maximum atomic E-state index is 12.1. The van der Waals surface area contributed by atoms with Gasteiger partial charge in [-0.1, -0.05) is 13.0 Å². The van der Waals surface area contributed by atoms with Gasteiger partial charge >= 0.3 is 10.2 Å². The van der Waals surface area contributed by atoms with Gasteiger partial charge in [-0.05, 0) is 48.0 Å². The molecule has 3 N–H and O–H groups in total. The predicted octanol–water partition coefficient (Wildman–Crippen LogP) is 1.69. The van der Waals surface area contributed by atoms with Crippen LogP contribution >= 0.6 is 0 Å². The molecule has 13 heteroatoms. The van der Waals surface area contributed by atoms with Gasteiger partial charge in [0.05, 0.1) is 17.3 Å². The summed E-state index contributed by atoms with van der Waals surface area (Å²) >= 11 is 0. The second-order valence-electron chi connectivity index (χ2n) is 6.83. The summed E-state index contributed by atoms with van der Waals surface area (Å²) in [6.07, 6.45) is 0.610. The van der Waals surface area contributed by atoms with Crippen molar-refractivity contribution in [1.82, 2.24) is 25.5 Å². The Morgan fingerprint density at radius 1 is 1.19 bits per heavy atom. The first kappa shape index (κ1) is 20.5. The summed E-state index contributed by atoms with van der Waals surface area (Å²) in [6, 6.07) is 8.19. The largest absolute Gasteiger partial charge is 0.505 e. The standard InChI is InChI=1S/C18H20N8O4S/c1-4-12(14-9-8-10(2)30-14)19-16-17(23-31(28,29)22-16)20-13-7-5-6-11(15(13)27)18-21-24-25-26(18)3/h5-9,12,27H,4H2,1-3H3,(H,19,22)(H,20,23)/t12-/m1/s1. The average Bonchev–Trinajstić information content (AvgIpc) is 3.40. The van der Waals surface area contributed by atoms with Gasteiger partial charge in [-0.2, -0.15) is 8.42 Å². The minimum Gasteiger partial charge on any atom is -0.505 e. The van der Waals surface area contributed by atoms with Crippen LogP contribution in [0.25, 0.3) is 11.4 Å². The molecule has 0 radical (unpaired) electrons. The molecule has 1 aliphatic heterocycles. The maximum Gasteiger partial charge on any atom is 0.367 e. The molecule has 1 aromatic carbocycles. The molecule has 0 saturated carbocycles. The van der Waals surface area contributed by atoms with Crippen LogP contribution in [-0.4, -0.2) is 45.4 Å². The zero-order valence-electron chi connectivity index (χ0n) is 16.9. The Kier molecular flexibility index (Phi) is 5.19. The number of aromatic hydroxyl groups is 1. The summed E-state index contributed by atoms with van der Waals surface area (Å²) in [7, 11) is -2.43. The highest BCUT2D eigenvalue weighted by molar-refractivity contribution is 7.89. The van der Waals surface area contributed by atoms with Crippen LogP contribution in [0.2, 0.25) is 0 Å². The normalized spacial score (nSPS) is 16.0. The van der Waals surface area contributed by atoms with Crippen LogP contribution in [0, 0.1) is 6.92 Å². The summed E-state index contributed by atoms with van der Waals surface area (Å²) in [5.41, 5.74) is 0.579. The number of nitrogens with one attached hydrogen (secondary N) is 2. The lowest BCUT2D eigenvalue weighted by Gasteiger charge is -2.17. The van der Waals surface area contributed by atoms with Crippen molar-refractivity contribution in [2.75, 3.05) is 5.32 Å². The number of tetrazole rings is 1. The van der Waals surface area contributed by atoms with E-state index in [1.165, 1.54) is 4.68 Å². The number of hydrogen-bond acceptors (Lipinski definition) is 9. The maximum absolute atomic E-state index is 12.1. The first-order valence-electron chi connectivity index (χ1n) is 9.37. The fourth-order valence-corrected chi connectivity index (χ4v) is 3.88. The van der Waals surface area contributed by atoms with Crippen molar-refractivity contribution >= 4 is 27.6 Å². The Bertz CT molecular complexity index is 1290. The Morgan fingerprint density at radius 2 is 1.97 bits per heavy atom. The fraction of sp³-hybridized carbons (Fsp3) is 0.278. The van der Waals surface area contributed by atoms with Crippen molar-refractivity contribution in [3.05, 3.63) is 41.9 Å². The van der Waals surface area contributed by atoms with Crippen LogP contribution in [0.3, 0.4) is 0 Å². The Morgan fingerprint density at radius 3 is 2.61 bits per heavy atom. The highest BCUT2D eigenvalue weighted by Crippen LogP contribution is 2.34. The molecule has 0 spiro atoms. The molecular formula is C18H20N8O4S. The molecule has 3 aromatic rings. The lowest BCUT2D eigenvalue weighted by molar-refractivity contribution is 0.424. The quantitative estimate of drug-likeness (QED) is 0.497. The number of para-hydroxylation sites is 1. The lowest BCUT2D eigenvalue weighted by atomic mass is 10.1. The minimum atomic E-state index is -4.07. The van der Waals surface area contributed by atoms with E-state index < -0.39 is 10.2 Å². The van der Waals surface area contributed by atoms with Gasteiger partial charge in [0.2, 0.25) is 0 Å². The summed E-state index contributed by atoms with van der Waals surface area (Å²) in [6.45, 7) is 3.75. The number of aromatic nitrogens is 4. The number of benzene rings is 1. The number of nitrogens with zero attached hydrogens (tertiary/aromatic N) is 6. The number of phenols is 1. The van der Waals surface area contributed by atoms with Crippen LogP contribution in [0.15, 0.2) is 43.5 Å². The predicted molar refractivity (Wildman–Crippen MR) is 113 cm³/mol. The molecule has 0 bridgehead atoms. The molecule has 0 saturated heterocycles. The third kappa shape index (κ3) is 4.12. The molecule has 1 aliphatic rings. The Hall–Kier alpha value is -3.74. The topological polar surface area (TPSA) is 160 Å². The molecule has 2 aromatic heterocycles. The smallest absolute Gasteiger partial charge is 0.367 e. The monoisotopic (exact) mass is 444 g/mol. The van der Waals surface area contributed by atoms with Crippen LogP contribution in [-0.2, 0) is 17.3 Å². The first-order chi connectivity index (χ1) is 14.8. The van der Waals surface area contributed by atoms with E-state index >= 15 is 0 Å². The Balaban J connectivity index is 1.63. The van der Waals surface area contributed by atoms with E-state index in [-0.39, 0.29) is 29.1 Å². The van der Waals surface area contributed by atoms with Crippen LogP contribution < -0.4 is 10.6 Å². The minimum absolute atomic E-state index is 0.0195. The fourth-order valence-electron chi connectivity index (χ4n) is 3.10. The van der Waals surface area contributed by atoms with Gasteiger partial charge in [0, 0.05) is 7.05 Å². The summed E-state index contributed by atoms with van der Waals surface area (Å²) in [5, 5.41) is 27.8. The van der Waals surface area contributed by atoms with Crippen LogP contribution in [0.5, 0.6) is 5.75 Å². The van der Waals surface area contributed by atoms with Gasteiger partial charge in [0.25, 0.3) is 0 Å². The molecule has 0 unspecified atom stereocenters. The Labute approximate surface area is 177 Å². The van der Waals surface area contributed by atoms with Crippen molar-refractivity contribution in [2.24, 2.45) is 15.8 Å². The van der Waals surface area contributed by atoms with E-state index in [9.17, 15) is 13.5 Å².